The molecule has 2 unspecified atom stereocenters. The summed E-state index contributed by atoms with van der Waals surface area (Å²) in [6.45, 7) is 8.70. The molecule has 0 fully saturated rings. The predicted molar refractivity (Wildman–Crippen MR) is 88.0 cm³/mol. The molecule has 0 spiro atoms. The minimum absolute atomic E-state index is 0.00963. The summed E-state index contributed by atoms with van der Waals surface area (Å²) in [7, 11) is 0. The maximum absolute atomic E-state index is 11.9. The van der Waals surface area contributed by atoms with Crippen LogP contribution in [-0.2, 0) is 4.79 Å². The number of benzene rings is 1. The summed E-state index contributed by atoms with van der Waals surface area (Å²) in [6, 6.07) is 5.52. The summed E-state index contributed by atoms with van der Waals surface area (Å²) < 4.78 is 0.946. The Morgan fingerprint density at radius 2 is 1.95 bits per heavy atom. The van der Waals surface area contributed by atoms with Crippen molar-refractivity contribution in [2.75, 3.05) is 6.54 Å². The third-order valence-corrected chi connectivity index (χ3v) is 3.83. The Morgan fingerprint density at radius 1 is 1.30 bits per heavy atom. The topological polar surface area (TPSA) is 41.1 Å². The molecule has 3 nitrogen and oxygen atoms in total. The van der Waals surface area contributed by atoms with E-state index in [1.165, 1.54) is 0 Å². The van der Waals surface area contributed by atoms with Crippen molar-refractivity contribution >= 4 is 33.4 Å². The van der Waals surface area contributed by atoms with E-state index in [1.807, 2.05) is 32.0 Å². The SMILES string of the molecule is CC(C)CNC(=O)C(C)NC(C)c1ccc(Br)cc1Cl. The van der Waals surface area contributed by atoms with Crippen molar-refractivity contribution in [3.8, 4) is 0 Å². The number of amides is 1. The first kappa shape index (κ1) is 17.5. The summed E-state index contributed by atoms with van der Waals surface area (Å²) in [4.78, 5) is 11.9. The van der Waals surface area contributed by atoms with Gasteiger partial charge in [0.15, 0.2) is 0 Å². The summed E-state index contributed by atoms with van der Waals surface area (Å²) in [5.41, 5.74) is 0.985. The zero-order chi connectivity index (χ0) is 15.3. The van der Waals surface area contributed by atoms with Gasteiger partial charge in [-0.1, -0.05) is 47.4 Å². The summed E-state index contributed by atoms with van der Waals surface area (Å²) in [5, 5.41) is 6.88. The van der Waals surface area contributed by atoms with E-state index in [4.69, 9.17) is 11.6 Å². The first-order valence-corrected chi connectivity index (χ1v) is 7.97. The number of hydrogen-bond acceptors (Lipinski definition) is 2. The van der Waals surface area contributed by atoms with Crippen LogP contribution in [-0.4, -0.2) is 18.5 Å². The predicted octanol–water partition coefficient (Wildman–Crippen LogP) is 3.91. The van der Waals surface area contributed by atoms with Crippen LogP contribution in [0, 0.1) is 5.92 Å². The van der Waals surface area contributed by atoms with Crippen LogP contribution in [0.2, 0.25) is 5.02 Å². The second-order valence-electron chi connectivity index (χ2n) is 5.41. The van der Waals surface area contributed by atoms with Gasteiger partial charge in [-0.2, -0.15) is 0 Å². The van der Waals surface area contributed by atoms with Gasteiger partial charge in [0.1, 0.15) is 0 Å². The van der Waals surface area contributed by atoms with Gasteiger partial charge in [-0.05, 0) is 37.5 Å². The van der Waals surface area contributed by atoms with Crippen molar-refractivity contribution in [2.45, 2.75) is 39.8 Å². The monoisotopic (exact) mass is 360 g/mol. The van der Waals surface area contributed by atoms with Gasteiger partial charge in [0.2, 0.25) is 5.91 Å². The lowest BCUT2D eigenvalue weighted by Crippen LogP contribution is -2.44. The smallest absolute Gasteiger partial charge is 0.236 e. The molecule has 5 heteroatoms. The van der Waals surface area contributed by atoms with Crippen LogP contribution in [0.5, 0.6) is 0 Å². The molecule has 1 aromatic rings. The van der Waals surface area contributed by atoms with Crippen LogP contribution in [0.4, 0.5) is 0 Å². The van der Waals surface area contributed by atoms with Gasteiger partial charge in [-0.15, -0.1) is 0 Å². The van der Waals surface area contributed by atoms with E-state index in [2.05, 4.69) is 40.4 Å². The van der Waals surface area contributed by atoms with E-state index in [1.54, 1.807) is 0 Å². The average Bonchev–Trinajstić information content (AvgIpc) is 2.35. The fourth-order valence-electron chi connectivity index (χ4n) is 1.85. The Balaban J connectivity index is 2.60. The molecule has 0 aliphatic carbocycles. The lowest BCUT2D eigenvalue weighted by molar-refractivity contribution is -0.123. The molecule has 1 rings (SSSR count). The molecule has 2 atom stereocenters. The third-order valence-electron chi connectivity index (χ3n) is 3.01. The number of carbonyl (C=O) groups excluding carboxylic acids is 1. The lowest BCUT2D eigenvalue weighted by Gasteiger charge is -2.21. The molecule has 0 heterocycles. The summed E-state index contributed by atoms with van der Waals surface area (Å²) in [6.07, 6.45) is 0. The van der Waals surface area contributed by atoms with Gasteiger partial charge >= 0.3 is 0 Å². The summed E-state index contributed by atoms with van der Waals surface area (Å²) >= 11 is 9.60. The molecular weight excluding hydrogens is 340 g/mol. The van der Waals surface area contributed by atoms with Crippen molar-refractivity contribution in [2.24, 2.45) is 5.92 Å². The van der Waals surface area contributed by atoms with Gasteiger partial charge in [-0.3, -0.25) is 10.1 Å². The molecule has 112 valence electrons. The average molecular weight is 362 g/mol. The van der Waals surface area contributed by atoms with Crippen molar-refractivity contribution < 1.29 is 4.79 Å². The van der Waals surface area contributed by atoms with Gasteiger partial charge in [0, 0.05) is 22.1 Å². The molecular formula is C15H22BrClN2O. The van der Waals surface area contributed by atoms with Gasteiger partial charge in [-0.25, -0.2) is 0 Å². The molecule has 0 saturated carbocycles. The molecule has 0 aromatic heterocycles. The Morgan fingerprint density at radius 3 is 2.50 bits per heavy atom. The van der Waals surface area contributed by atoms with Crippen LogP contribution in [0.25, 0.3) is 0 Å². The van der Waals surface area contributed by atoms with Gasteiger partial charge < -0.3 is 5.32 Å². The van der Waals surface area contributed by atoms with E-state index >= 15 is 0 Å². The van der Waals surface area contributed by atoms with Crippen molar-refractivity contribution in [1.29, 1.82) is 0 Å². The number of nitrogens with one attached hydrogen (secondary N) is 2. The molecule has 0 radical (unpaired) electrons. The van der Waals surface area contributed by atoms with E-state index in [-0.39, 0.29) is 18.0 Å². The molecule has 1 amide bonds. The second-order valence-corrected chi connectivity index (χ2v) is 6.74. The molecule has 0 aliphatic rings. The van der Waals surface area contributed by atoms with Crippen LogP contribution in [0.1, 0.15) is 39.3 Å². The quantitative estimate of drug-likeness (QED) is 0.806. The Labute approximate surface area is 134 Å². The van der Waals surface area contributed by atoms with Crippen LogP contribution in [0.15, 0.2) is 22.7 Å². The molecule has 0 bridgehead atoms. The maximum Gasteiger partial charge on any atom is 0.236 e. The Kier molecular flexibility index (Phi) is 7.00. The highest BCUT2D eigenvalue weighted by Crippen LogP contribution is 2.26. The third kappa shape index (κ3) is 5.43. The normalized spacial score (nSPS) is 14.2. The molecule has 20 heavy (non-hydrogen) atoms. The van der Waals surface area contributed by atoms with Crippen LogP contribution >= 0.6 is 27.5 Å². The van der Waals surface area contributed by atoms with E-state index in [0.29, 0.717) is 17.5 Å². The van der Waals surface area contributed by atoms with E-state index in [9.17, 15) is 4.79 Å². The zero-order valence-corrected chi connectivity index (χ0v) is 14.7. The minimum atomic E-state index is -0.261. The Hall–Kier alpha value is -0.580. The van der Waals surface area contributed by atoms with Crippen LogP contribution in [0.3, 0.4) is 0 Å². The number of halogens is 2. The van der Waals surface area contributed by atoms with E-state index in [0.717, 1.165) is 10.0 Å². The first-order chi connectivity index (χ1) is 9.31. The highest BCUT2D eigenvalue weighted by Gasteiger charge is 2.17. The van der Waals surface area contributed by atoms with Crippen molar-refractivity contribution in [1.82, 2.24) is 10.6 Å². The molecule has 1 aromatic carbocycles. The second kappa shape index (κ2) is 8.01. The molecule has 2 N–H and O–H groups in total. The van der Waals surface area contributed by atoms with Crippen molar-refractivity contribution in [3.05, 3.63) is 33.3 Å². The van der Waals surface area contributed by atoms with Gasteiger partial charge in [0.25, 0.3) is 0 Å². The number of rotatable bonds is 6. The number of hydrogen-bond donors (Lipinski definition) is 2. The zero-order valence-electron chi connectivity index (χ0n) is 12.3. The van der Waals surface area contributed by atoms with E-state index < -0.39 is 0 Å². The molecule has 0 saturated heterocycles. The highest BCUT2D eigenvalue weighted by molar-refractivity contribution is 9.10. The lowest BCUT2D eigenvalue weighted by atomic mass is 10.1. The number of carbonyl (C=O) groups is 1. The first-order valence-electron chi connectivity index (χ1n) is 6.80. The fraction of sp³-hybridized carbons (Fsp3) is 0.533. The fourth-order valence-corrected chi connectivity index (χ4v) is 2.69. The Bertz CT molecular complexity index is 465. The highest BCUT2D eigenvalue weighted by atomic mass is 79.9. The molecule has 0 aliphatic heterocycles. The maximum atomic E-state index is 11.9. The standard InChI is InChI=1S/C15H22BrClN2O/c1-9(2)8-18-15(20)11(4)19-10(3)13-6-5-12(16)7-14(13)17/h5-7,9-11,19H,8H2,1-4H3,(H,18,20). The minimum Gasteiger partial charge on any atom is -0.354 e. The van der Waals surface area contributed by atoms with Gasteiger partial charge in [0.05, 0.1) is 6.04 Å². The summed E-state index contributed by atoms with van der Waals surface area (Å²) in [5.74, 6) is 0.461. The largest absolute Gasteiger partial charge is 0.354 e. The van der Waals surface area contributed by atoms with Crippen LogP contribution < -0.4 is 10.6 Å². The van der Waals surface area contributed by atoms with Crippen molar-refractivity contribution in [3.63, 3.8) is 0 Å².